The van der Waals surface area contributed by atoms with E-state index in [0.29, 0.717) is 18.5 Å². The second-order valence-electron chi connectivity index (χ2n) is 4.38. The summed E-state index contributed by atoms with van der Waals surface area (Å²) >= 11 is 0. The fourth-order valence-corrected chi connectivity index (χ4v) is 2.08. The quantitative estimate of drug-likeness (QED) is 0.813. The van der Waals surface area contributed by atoms with Crippen LogP contribution in [0.5, 0.6) is 5.75 Å². The molecule has 0 radical (unpaired) electrons. The second kappa shape index (κ2) is 4.92. The van der Waals surface area contributed by atoms with Crippen molar-refractivity contribution in [3.8, 4) is 5.75 Å². The molecule has 1 unspecified atom stereocenters. The van der Waals surface area contributed by atoms with Gasteiger partial charge >= 0.3 is 0 Å². The first-order valence-electron chi connectivity index (χ1n) is 5.99. The van der Waals surface area contributed by atoms with Gasteiger partial charge in [-0.05, 0) is 25.5 Å². The molecule has 1 aliphatic heterocycles. The van der Waals surface area contributed by atoms with Crippen LogP contribution in [0.2, 0.25) is 0 Å². The van der Waals surface area contributed by atoms with Gasteiger partial charge in [0.05, 0.1) is 11.7 Å². The van der Waals surface area contributed by atoms with E-state index in [4.69, 9.17) is 4.74 Å². The second-order valence-corrected chi connectivity index (χ2v) is 4.38. The molecule has 1 atom stereocenters. The van der Waals surface area contributed by atoms with E-state index in [1.54, 1.807) is 0 Å². The number of ether oxygens (including phenoxy) is 1. The van der Waals surface area contributed by atoms with E-state index >= 15 is 0 Å². The summed E-state index contributed by atoms with van der Waals surface area (Å²) in [7, 11) is 0. The monoisotopic (exact) mass is 255 g/mol. The van der Waals surface area contributed by atoms with Crippen molar-refractivity contribution in [2.75, 3.05) is 11.5 Å². The zero-order valence-electron chi connectivity index (χ0n) is 10.4. The minimum Gasteiger partial charge on any atom is -0.486 e. The molecule has 0 saturated carbocycles. The zero-order valence-corrected chi connectivity index (χ0v) is 10.4. The Morgan fingerprint density at radius 2 is 2.22 bits per heavy atom. The molecule has 18 heavy (non-hydrogen) atoms. The molecule has 1 aromatic carbocycles. The van der Waals surface area contributed by atoms with Crippen molar-refractivity contribution >= 4 is 11.6 Å². The molecular weight excluding hydrogens is 240 g/mol. The van der Waals surface area contributed by atoms with Crippen molar-refractivity contribution in [1.29, 1.82) is 0 Å². The molecule has 0 N–H and O–H groups in total. The van der Waals surface area contributed by atoms with E-state index in [2.05, 4.69) is 0 Å². The number of anilines is 1. The lowest BCUT2D eigenvalue weighted by Crippen LogP contribution is -2.45. The topological polar surface area (TPSA) is 29.5 Å². The Morgan fingerprint density at radius 3 is 2.89 bits per heavy atom. The summed E-state index contributed by atoms with van der Waals surface area (Å²) in [6.07, 6.45) is 1.09. The van der Waals surface area contributed by atoms with Crippen LogP contribution in [0.4, 0.5) is 14.5 Å². The van der Waals surface area contributed by atoms with Crippen molar-refractivity contribution < 1.29 is 18.3 Å². The van der Waals surface area contributed by atoms with E-state index in [1.165, 1.54) is 11.0 Å². The van der Waals surface area contributed by atoms with Crippen LogP contribution in [-0.2, 0) is 4.79 Å². The first-order chi connectivity index (χ1) is 8.56. The van der Waals surface area contributed by atoms with Gasteiger partial charge in [-0.2, -0.15) is 4.39 Å². The van der Waals surface area contributed by atoms with Crippen LogP contribution in [0, 0.1) is 11.6 Å². The van der Waals surface area contributed by atoms with E-state index in [0.717, 1.165) is 6.07 Å². The molecule has 0 fully saturated rings. The van der Waals surface area contributed by atoms with Crippen molar-refractivity contribution in [3.05, 3.63) is 23.8 Å². The van der Waals surface area contributed by atoms with Gasteiger partial charge in [0.25, 0.3) is 0 Å². The Labute approximate surface area is 104 Å². The van der Waals surface area contributed by atoms with Crippen LogP contribution in [-0.4, -0.2) is 18.6 Å². The zero-order chi connectivity index (χ0) is 13.3. The van der Waals surface area contributed by atoms with Crippen molar-refractivity contribution in [1.82, 2.24) is 0 Å². The minimum atomic E-state index is -1.03. The highest BCUT2D eigenvalue weighted by Crippen LogP contribution is 2.37. The number of halogens is 2. The van der Waals surface area contributed by atoms with E-state index in [-0.39, 0.29) is 24.3 Å². The van der Waals surface area contributed by atoms with E-state index in [9.17, 15) is 13.6 Å². The molecule has 1 aliphatic rings. The third-order valence-corrected chi connectivity index (χ3v) is 2.93. The maximum Gasteiger partial charge on any atom is 0.227 e. The minimum absolute atomic E-state index is 0.0967. The summed E-state index contributed by atoms with van der Waals surface area (Å²) in [5.41, 5.74) is 0.311. The third kappa shape index (κ3) is 2.05. The molecule has 0 saturated heterocycles. The fraction of sp³-hybridized carbons (Fsp3) is 0.462. The predicted octanol–water partition coefficient (Wildman–Crippen LogP) is 2.88. The number of carbonyl (C=O) groups is 1. The molecule has 1 aromatic rings. The molecular formula is C13H15F2NO2. The smallest absolute Gasteiger partial charge is 0.227 e. The highest BCUT2D eigenvalue weighted by molar-refractivity contribution is 5.95. The van der Waals surface area contributed by atoms with Gasteiger partial charge < -0.3 is 9.64 Å². The number of hydrogen-bond acceptors (Lipinski definition) is 2. The fourth-order valence-electron chi connectivity index (χ4n) is 2.08. The first kappa shape index (κ1) is 12.8. The molecule has 5 heteroatoms. The van der Waals surface area contributed by atoms with Crippen LogP contribution in [0.3, 0.4) is 0 Å². The number of hydrogen-bond donors (Lipinski definition) is 0. The van der Waals surface area contributed by atoms with Crippen LogP contribution >= 0.6 is 0 Å². The predicted molar refractivity (Wildman–Crippen MR) is 63.7 cm³/mol. The SMILES string of the molecule is CCCC(=O)N1c2ccc(F)c(F)c2OCC1C. The van der Waals surface area contributed by atoms with E-state index in [1.807, 2.05) is 13.8 Å². The lowest BCUT2D eigenvalue weighted by Gasteiger charge is -2.35. The molecule has 1 amide bonds. The number of rotatable bonds is 2. The average molecular weight is 255 g/mol. The highest BCUT2D eigenvalue weighted by atomic mass is 19.2. The Morgan fingerprint density at radius 1 is 1.50 bits per heavy atom. The molecule has 1 heterocycles. The summed E-state index contributed by atoms with van der Waals surface area (Å²) in [6.45, 7) is 3.88. The van der Waals surface area contributed by atoms with Gasteiger partial charge in [0.15, 0.2) is 11.6 Å². The standard InChI is InChI=1S/C13H15F2NO2/c1-3-4-11(17)16-8(2)7-18-13-10(16)6-5-9(14)12(13)15/h5-6,8H,3-4,7H2,1-2H3. The summed E-state index contributed by atoms with van der Waals surface area (Å²) in [5.74, 6) is -2.27. The van der Waals surface area contributed by atoms with Crippen LogP contribution in [0.25, 0.3) is 0 Å². The van der Waals surface area contributed by atoms with Crippen LogP contribution in [0.1, 0.15) is 26.7 Å². The normalized spacial score (nSPS) is 18.2. The van der Waals surface area contributed by atoms with Gasteiger partial charge in [-0.1, -0.05) is 6.92 Å². The molecule has 3 nitrogen and oxygen atoms in total. The van der Waals surface area contributed by atoms with Crippen LogP contribution in [0.15, 0.2) is 12.1 Å². The van der Waals surface area contributed by atoms with Crippen molar-refractivity contribution in [2.24, 2.45) is 0 Å². The Balaban J connectivity index is 2.45. The largest absolute Gasteiger partial charge is 0.486 e. The Hall–Kier alpha value is -1.65. The average Bonchev–Trinajstić information content (AvgIpc) is 2.34. The van der Waals surface area contributed by atoms with Crippen LogP contribution < -0.4 is 9.64 Å². The van der Waals surface area contributed by atoms with Gasteiger partial charge in [-0.3, -0.25) is 4.79 Å². The number of carbonyl (C=O) groups excluding carboxylic acids is 1. The number of nitrogens with zero attached hydrogens (tertiary/aromatic N) is 1. The van der Waals surface area contributed by atoms with Gasteiger partial charge in [-0.25, -0.2) is 4.39 Å². The third-order valence-electron chi connectivity index (χ3n) is 2.93. The molecule has 0 aromatic heterocycles. The van der Waals surface area contributed by atoms with Gasteiger partial charge in [0.2, 0.25) is 11.7 Å². The maximum absolute atomic E-state index is 13.6. The lowest BCUT2D eigenvalue weighted by molar-refractivity contribution is -0.119. The number of fused-ring (bicyclic) bond motifs is 1. The molecule has 0 aliphatic carbocycles. The maximum atomic E-state index is 13.6. The number of amides is 1. The summed E-state index contributed by atoms with van der Waals surface area (Å²) in [6, 6.07) is 2.22. The highest BCUT2D eigenvalue weighted by Gasteiger charge is 2.31. The first-order valence-corrected chi connectivity index (χ1v) is 5.99. The van der Waals surface area contributed by atoms with Crippen molar-refractivity contribution in [2.45, 2.75) is 32.7 Å². The molecule has 0 bridgehead atoms. The summed E-state index contributed by atoms with van der Waals surface area (Å²) in [5, 5.41) is 0. The van der Waals surface area contributed by atoms with Gasteiger partial charge in [0, 0.05) is 6.42 Å². The Bertz CT molecular complexity index is 476. The van der Waals surface area contributed by atoms with Gasteiger partial charge in [-0.15, -0.1) is 0 Å². The molecule has 2 rings (SSSR count). The van der Waals surface area contributed by atoms with E-state index < -0.39 is 11.6 Å². The Kier molecular flexibility index (Phi) is 3.50. The summed E-state index contributed by atoms with van der Waals surface area (Å²) in [4.78, 5) is 13.5. The molecule has 0 spiro atoms. The summed E-state index contributed by atoms with van der Waals surface area (Å²) < 4.78 is 31.9. The van der Waals surface area contributed by atoms with Gasteiger partial charge in [0.1, 0.15) is 6.61 Å². The number of benzene rings is 1. The molecule has 98 valence electrons. The lowest BCUT2D eigenvalue weighted by atomic mass is 10.1. The van der Waals surface area contributed by atoms with Crippen molar-refractivity contribution in [3.63, 3.8) is 0 Å².